The molecule has 0 saturated carbocycles. The lowest BCUT2D eigenvalue weighted by Crippen LogP contribution is -1.98. The number of benzene rings is 3. The van der Waals surface area contributed by atoms with Crippen molar-refractivity contribution in [2.45, 2.75) is 21.9 Å². The molecule has 1 aromatic heterocycles. The van der Waals surface area contributed by atoms with Crippen molar-refractivity contribution in [1.29, 1.82) is 0 Å². The first-order valence-corrected chi connectivity index (χ1v) is 11.1. The number of aromatic amines is 1. The second kappa shape index (κ2) is 9.29. The molecule has 2 N–H and O–H groups in total. The maximum absolute atomic E-state index is 11.8. The van der Waals surface area contributed by atoms with E-state index in [2.05, 4.69) is 9.97 Å². The van der Waals surface area contributed by atoms with Gasteiger partial charge in [0.2, 0.25) is 0 Å². The predicted octanol–water partition coefficient (Wildman–Crippen LogP) is 6.15. The highest BCUT2D eigenvalue weighted by Gasteiger charge is 2.18. The Balaban J connectivity index is 1.64. The SMILES string of the molecule is Cc1ccc(Sc2ccc(/C=C(/Sc3nc4ccccc4[nH]3)C(=O)O)cc2[N+](=O)[O-])cc1. The van der Waals surface area contributed by atoms with Crippen LogP contribution in [-0.4, -0.2) is 26.0 Å². The minimum atomic E-state index is -1.14. The molecule has 0 aliphatic heterocycles. The Morgan fingerprint density at radius 3 is 2.56 bits per heavy atom. The number of aromatic nitrogens is 2. The van der Waals surface area contributed by atoms with Crippen LogP contribution in [0.15, 0.2) is 86.6 Å². The van der Waals surface area contributed by atoms with Crippen molar-refractivity contribution in [3.8, 4) is 0 Å². The summed E-state index contributed by atoms with van der Waals surface area (Å²) in [6, 6.07) is 19.8. The van der Waals surface area contributed by atoms with E-state index >= 15 is 0 Å². The molecule has 0 atom stereocenters. The average Bonchev–Trinajstić information content (AvgIpc) is 3.18. The highest BCUT2D eigenvalue weighted by Crippen LogP contribution is 2.36. The quantitative estimate of drug-likeness (QED) is 0.146. The standard InChI is InChI=1S/C23H17N3O4S2/c1-14-6-9-16(10-7-14)31-20-11-8-15(12-19(20)26(29)30)13-21(22(27)28)32-23-24-17-4-2-3-5-18(17)25-23/h2-13H,1H3,(H,24,25)(H,27,28)/b21-13+. The average molecular weight is 464 g/mol. The number of fused-ring (bicyclic) bond motifs is 1. The van der Waals surface area contributed by atoms with Crippen LogP contribution in [0.3, 0.4) is 0 Å². The summed E-state index contributed by atoms with van der Waals surface area (Å²) in [5.74, 6) is -1.14. The van der Waals surface area contributed by atoms with Crippen LogP contribution in [0.25, 0.3) is 17.1 Å². The van der Waals surface area contributed by atoms with Gasteiger partial charge in [-0.1, -0.05) is 47.7 Å². The maximum Gasteiger partial charge on any atom is 0.342 e. The van der Waals surface area contributed by atoms with Gasteiger partial charge in [-0.15, -0.1) is 0 Å². The number of hydrogen-bond acceptors (Lipinski definition) is 6. The Labute approximate surface area is 191 Å². The van der Waals surface area contributed by atoms with E-state index in [0.717, 1.165) is 33.3 Å². The lowest BCUT2D eigenvalue weighted by molar-refractivity contribution is -0.387. The molecule has 0 unspecified atom stereocenters. The van der Waals surface area contributed by atoms with Gasteiger partial charge < -0.3 is 10.1 Å². The molecule has 1 heterocycles. The topological polar surface area (TPSA) is 109 Å². The smallest absolute Gasteiger partial charge is 0.342 e. The summed E-state index contributed by atoms with van der Waals surface area (Å²) >= 11 is 2.25. The molecule has 0 fully saturated rings. The van der Waals surface area contributed by atoms with Gasteiger partial charge in [0.1, 0.15) is 4.91 Å². The number of para-hydroxylation sites is 2. The molecular weight excluding hydrogens is 446 g/mol. The molecule has 32 heavy (non-hydrogen) atoms. The van der Waals surface area contributed by atoms with E-state index in [1.165, 1.54) is 23.9 Å². The number of hydrogen-bond donors (Lipinski definition) is 2. The van der Waals surface area contributed by atoms with Crippen molar-refractivity contribution in [3.05, 3.63) is 92.9 Å². The van der Waals surface area contributed by atoms with Crippen LogP contribution in [0.5, 0.6) is 0 Å². The second-order valence-corrected chi connectivity index (χ2v) is 9.02. The van der Waals surface area contributed by atoms with E-state index in [4.69, 9.17) is 0 Å². The summed E-state index contributed by atoms with van der Waals surface area (Å²) in [6.07, 6.45) is 1.41. The van der Waals surface area contributed by atoms with Gasteiger partial charge in [0.05, 0.1) is 20.9 Å². The maximum atomic E-state index is 11.8. The van der Waals surface area contributed by atoms with Crippen LogP contribution in [0.1, 0.15) is 11.1 Å². The number of nitrogens with zero attached hydrogens (tertiary/aromatic N) is 2. The van der Waals surface area contributed by atoms with E-state index in [1.807, 2.05) is 55.5 Å². The van der Waals surface area contributed by atoms with Crippen molar-refractivity contribution in [2.75, 3.05) is 0 Å². The number of nitrogens with one attached hydrogen (secondary N) is 1. The number of rotatable bonds is 7. The number of H-pyrrole nitrogens is 1. The van der Waals surface area contributed by atoms with Gasteiger partial charge >= 0.3 is 5.97 Å². The van der Waals surface area contributed by atoms with Gasteiger partial charge in [0.25, 0.3) is 5.69 Å². The molecule has 4 rings (SSSR count). The Kier molecular flexibility index (Phi) is 6.29. The summed E-state index contributed by atoms with van der Waals surface area (Å²) in [5, 5.41) is 21.7. The van der Waals surface area contributed by atoms with Gasteiger partial charge in [-0.3, -0.25) is 10.1 Å². The fraction of sp³-hybridized carbons (Fsp3) is 0.0435. The zero-order valence-corrected chi connectivity index (χ0v) is 18.4. The van der Waals surface area contributed by atoms with Crippen LogP contribution >= 0.6 is 23.5 Å². The monoisotopic (exact) mass is 463 g/mol. The summed E-state index contributed by atoms with van der Waals surface area (Å²) < 4.78 is 0. The Morgan fingerprint density at radius 2 is 1.88 bits per heavy atom. The second-order valence-electron chi connectivity index (χ2n) is 6.87. The summed E-state index contributed by atoms with van der Waals surface area (Å²) in [7, 11) is 0. The Hall–Kier alpha value is -3.56. The lowest BCUT2D eigenvalue weighted by atomic mass is 10.2. The molecule has 0 spiro atoms. The molecule has 0 bridgehead atoms. The van der Waals surface area contributed by atoms with Crippen LogP contribution < -0.4 is 0 Å². The van der Waals surface area contributed by atoms with Crippen LogP contribution in [0, 0.1) is 17.0 Å². The summed E-state index contributed by atoms with van der Waals surface area (Å²) in [5.41, 5.74) is 2.97. The molecule has 0 radical (unpaired) electrons. The molecule has 0 aliphatic rings. The van der Waals surface area contributed by atoms with Gasteiger partial charge in [-0.25, -0.2) is 9.78 Å². The number of nitro groups is 1. The first-order valence-electron chi connectivity index (χ1n) is 9.49. The first-order chi connectivity index (χ1) is 15.4. The van der Waals surface area contributed by atoms with Gasteiger partial charge in [-0.05, 0) is 60.7 Å². The number of carbonyl (C=O) groups is 1. The van der Waals surface area contributed by atoms with Crippen molar-refractivity contribution in [2.24, 2.45) is 0 Å². The number of nitro benzene ring substituents is 1. The number of aryl methyl sites for hydroxylation is 1. The molecule has 9 heteroatoms. The fourth-order valence-corrected chi connectivity index (χ4v) is 4.65. The van der Waals surface area contributed by atoms with Crippen LogP contribution in [0.4, 0.5) is 5.69 Å². The van der Waals surface area contributed by atoms with E-state index in [0.29, 0.717) is 15.6 Å². The Bertz CT molecular complexity index is 1310. The molecule has 160 valence electrons. The van der Waals surface area contributed by atoms with Gasteiger partial charge in [-0.2, -0.15) is 0 Å². The minimum Gasteiger partial charge on any atom is -0.477 e. The summed E-state index contributed by atoms with van der Waals surface area (Å²) in [4.78, 5) is 31.8. The van der Waals surface area contributed by atoms with Crippen molar-refractivity contribution >= 4 is 52.3 Å². The van der Waals surface area contributed by atoms with Gasteiger partial charge in [0, 0.05) is 11.0 Å². The van der Waals surface area contributed by atoms with Crippen LogP contribution in [0.2, 0.25) is 0 Å². The van der Waals surface area contributed by atoms with E-state index in [-0.39, 0.29) is 10.6 Å². The summed E-state index contributed by atoms with van der Waals surface area (Å²) in [6.45, 7) is 1.97. The van der Waals surface area contributed by atoms with Gasteiger partial charge in [0.15, 0.2) is 5.16 Å². The molecule has 3 aromatic carbocycles. The number of imidazole rings is 1. The molecule has 0 saturated heterocycles. The largest absolute Gasteiger partial charge is 0.477 e. The molecule has 7 nitrogen and oxygen atoms in total. The third-order valence-corrected chi connectivity index (χ3v) is 6.48. The van der Waals surface area contributed by atoms with E-state index < -0.39 is 10.9 Å². The molecular formula is C23H17N3O4S2. The number of carboxylic acid groups (broad SMARTS) is 1. The Morgan fingerprint density at radius 1 is 1.12 bits per heavy atom. The highest BCUT2D eigenvalue weighted by molar-refractivity contribution is 8.04. The first kappa shape index (κ1) is 21.7. The predicted molar refractivity (Wildman–Crippen MR) is 126 cm³/mol. The van der Waals surface area contributed by atoms with E-state index in [1.54, 1.807) is 12.1 Å². The number of aliphatic carboxylic acids is 1. The third kappa shape index (κ3) is 5.01. The number of carboxylic acids is 1. The van der Waals surface area contributed by atoms with Crippen molar-refractivity contribution < 1.29 is 14.8 Å². The zero-order valence-electron chi connectivity index (χ0n) is 16.8. The van der Waals surface area contributed by atoms with E-state index in [9.17, 15) is 20.0 Å². The molecule has 4 aromatic rings. The lowest BCUT2D eigenvalue weighted by Gasteiger charge is -2.06. The van der Waals surface area contributed by atoms with Crippen LogP contribution in [-0.2, 0) is 4.79 Å². The minimum absolute atomic E-state index is 0.00251. The number of thioether (sulfide) groups is 1. The van der Waals surface area contributed by atoms with Crippen molar-refractivity contribution in [3.63, 3.8) is 0 Å². The molecule has 0 amide bonds. The zero-order chi connectivity index (χ0) is 22.7. The third-order valence-electron chi connectivity index (χ3n) is 4.51. The normalized spacial score (nSPS) is 11.6. The fourth-order valence-electron chi connectivity index (χ4n) is 2.95. The highest BCUT2D eigenvalue weighted by atomic mass is 32.2. The molecule has 0 aliphatic carbocycles. The van der Waals surface area contributed by atoms with Crippen molar-refractivity contribution in [1.82, 2.24) is 9.97 Å².